The Kier molecular flexibility index (Phi) is 8.92. The van der Waals surface area contributed by atoms with Crippen LogP contribution in [0, 0.1) is 0 Å². The van der Waals surface area contributed by atoms with Gasteiger partial charge in [0.1, 0.15) is 5.57 Å². The molecule has 0 radical (unpaired) electrons. The molecule has 1 aliphatic rings. The zero-order valence-corrected chi connectivity index (χ0v) is 23.4. The molecule has 1 fully saturated rings. The molecule has 40 heavy (non-hydrogen) atoms. The van der Waals surface area contributed by atoms with Crippen molar-refractivity contribution in [2.24, 2.45) is 0 Å². The highest BCUT2D eigenvalue weighted by Crippen LogP contribution is 2.35. The van der Waals surface area contributed by atoms with E-state index in [-0.39, 0.29) is 52.6 Å². The van der Waals surface area contributed by atoms with Gasteiger partial charge in [-0.15, -0.1) is 0 Å². The Morgan fingerprint density at radius 3 is 2.48 bits per heavy atom. The third-order valence-corrected chi connectivity index (χ3v) is 6.50. The van der Waals surface area contributed by atoms with Gasteiger partial charge >= 0.3 is 5.97 Å². The minimum Gasteiger partial charge on any atom is -0.490 e. The molecule has 12 heteroatoms. The van der Waals surface area contributed by atoms with Gasteiger partial charge in [-0.2, -0.15) is 0 Å². The lowest BCUT2D eigenvalue weighted by Gasteiger charge is -2.29. The number of ether oxygens (including phenoxy) is 2. The summed E-state index contributed by atoms with van der Waals surface area (Å²) in [6.07, 6.45) is 1.35. The lowest BCUT2D eigenvalue weighted by molar-refractivity contribution is -0.122. The first-order valence-corrected chi connectivity index (χ1v) is 13.1. The molecule has 0 spiro atoms. The Hall–Kier alpha value is -4.55. The summed E-state index contributed by atoms with van der Waals surface area (Å²) >= 11 is 8.63. The van der Waals surface area contributed by atoms with Crippen molar-refractivity contribution in [3.05, 3.63) is 87.9 Å². The molecule has 3 aromatic rings. The van der Waals surface area contributed by atoms with Crippen molar-refractivity contribution in [1.82, 2.24) is 5.32 Å². The van der Waals surface area contributed by atoms with Crippen LogP contribution in [0.15, 0.2) is 76.8 Å². The number of aromatic carboxylic acids is 1. The molecule has 1 aliphatic heterocycles. The van der Waals surface area contributed by atoms with Gasteiger partial charge in [0.05, 0.1) is 17.9 Å². The summed E-state index contributed by atoms with van der Waals surface area (Å²) in [5.41, 5.74) is 0.937. The number of carbonyl (C=O) groups is 4. The van der Waals surface area contributed by atoms with Crippen LogP contribution in [0.3, 0.4) is 0 Å². The van der Waals surface area contributed by atoms with Crippen molar-refractivity contribution in [1.29, 1.82) is 0 Å². The van der Waals surface area contributed by atoms with Crippen LogP contribution in [0.4, 0.5) is 11.4 Å². The molecular formula is C28H22BrN3O7S. The molecule has 1 heterocycles. The number of carbonyl (C=O) groups excluding carboxylic acids is 3. The Labute approximate surface area is 242 Å². The van der Waals surface area contributed by atoms with E-state index in [2.05, 4.69) is 26.6 Å². The second-order valence-electron chi connectivity index (χ2n) is 8.27. The maximum absolute atomic E-state index is 13.4. The van der Waals surface area contributed by atoms with Gasteiger partial charge in [0.2, 0.25) is 0 Å². The second kappa shape index (κ2) is 12.5. The number of carboxylic acid groups (broad SMARTS) is 1. The Balaban J connectivity index is 1.60. The fraction of sp³-hybridized carbons (Fsp3) is 0.107. The van der Waals surface area contributed by atoms with Crippen molar-refractivity contribution in [3.63, 3.8) is 0 Å². The first-order chi connectivity index (χ1) is 19.2. The van der Waals surface area contributed by atoms with Crippen LogP contribution in [0.5, 0.6) is 11.5 Å². The maximum Gasteiger partial charge on any atom is 0.335 e. The molecule has 0 aliphatic carbocycles. The molecule has 10 nitrogen and oxygen atoms in total. The van der Waals surface area contributed by atoms with Gasteiger partial charge in [-0.05, 0) is 73.2 Å². The number of thiocarbonyl (C=S) groups is 1. The minimum absolute atomic E-state index is 0.0485. The van der Waals surface area contributed by atoms with Crippen LogP contribution in [0.2, 0.25) is 0 Å². The van der Waals surface area contributed by atoms with E-state index >= 15 is 0 Å². The number of benzene rings is 3. The largest absolute Gasteiger partial charge is 0.490 e. The molecule has 3 amide bonds. The Bertz CT molecular complexity index is 1540. The highest BCUT2D eigenvalue weighted by atomic mass is 79.9. The standard InChI is InChI=1S/C28H22BrN3O7S/c1-2-38-22-13-17(21(29)14-23(22)39-15-24(33)30-18-8-4-3-5-9-18)12-20-25(34)31-28(40)32(26(20)35)19-10-6-7-16(11-19)27(36)37/h3-14H,2,15H2,1H3,(H,30,33)(H,36,37)(H,31,34,40). The third-order valence-electron chi connectivity index (χ3n) is 5.53. The lowest BCUT2D eigenvalue weighted by Crippen LogP contribution is -2.54. The van der Waals surface area contributed by atoms with E-state index in [1.165, 1.54) is 30.3 Å². The zero-order valence-electron chi connectivity index (χ0n) is 21.0. The van der Waals surface area contributed by atoms with Crippen molar-refractivity contribution in [2.75, 3.05) is 23.4 Å². The Morgan fingerprint density at radius 2 is 1.77 bits per heavy atom. The molecule has 0 unspecified atom stereocenters. The number of rotatable bonds is 9. The minimum atomic E-state index is -1.18. The number of carboxylic acids is 1. The Morgan fingerprint density at radius 1 is 1.05 bits per heavy atom. The van der Waals surface area contributed by atoms with Crippen LogP contribution < -0.4 is 25.0 Å². The predicted molar refractivity (Wildman–Crippen MR) is 155 cm³/mol. The first kappa shape index (κ1) is 28.5. The molecule has 3 N–H and O–H groups in total. The molecular weight excluding hydrogens is 602 g/mol. The summed E-state index contributed by atoms with van der Waals surface area (Å²) in [4.78, 5) is 51.0. The average molecular weight is 624 g/mol. The number of anilines is 2. The number of hydrogen-bond acceptors (Lipinski definition) is 7. The second-order valence-corrected chi connectivity index (χ2v) is 9.51. The average Bonchev–Trinajstić information content (AvgIpc) is 2.92. The van der Waals surface area contributed by atoms with E-state index in [0.717, 1.165) is 4.90 Å². The molecule has 204 valence electrons. The first-order valence-electron chi connectivity index (χ1n) is 11.9. The summed E-state index contributed by atoms with van der Waals surface area (Å²) in [5.74, 6) is -2.45. The van der Waals surface area contributed by atoms with Gasteiger partial charge in [0.25, 0.3) is 17.7 Å². The van der Waals surface area contributed by atoms with Crippen LogP contribution in [0.1, 0.15) is 22.8 Å². The van der Waals surface area contributed by atoms with Crippen LogP contribution in [0.25, 0.3) is 6.08 Å². The van der Waals surface area contributed by atoms with E-state index < -0.39 is 17.8 Å². The molecule has 0 saturated carbocycles. The van der Waals surface area contributed by atoms with Crippen LogP contribution in [-0.2, 0) is 14.4 Å². The normalized spacial score (nSPS) is 14.1. The highest BCUT2D eigenvalue weighted by Gasteiger charge is 2.35. The van der Waals surface area contributed by atoms with Gasteiger partial charge in [-0.1, -0.05) is 40.2 Å². The quantitative estimate of drug-likeness (QED) is 0.181. The van der Waals surface area contributed by atoms with Crippen molar-refractivity contribution >= 4 is 74.4 Å². The van der Waals surface area contributed by atoms with Gasteiger partial charge in [0, 0.05) is 10.2 Å². The summed E-state index contributed by atoms with van der Waals surface area (Å²) in [7, 11) is 0. The van der Waals surface area contributed by atoms with Gasteiger partial charge in [-0.3, -0.25) is 24.6 Å². The van der Waals surface area contributed by atoms with Crippen molar-refractivity contribution in [3.8, 4) is 11.5 Å². The number of nitrogens with one attached hydrogen (secondary N) is 2. The fourth-order valence-electron chi connectivity index (χ4n) is 3.73. The number of hydrogen-bond donors (Lipinski definition) is 3. The number of halogens is 1. The van der Waals surface area contributed by atoms with Crippen molar-refractivity contribution < 1.29 is 33.8 Å². The van der Waals surface area contributed by atoms with Gasteiger partial charge in [-0.25, -0.2) is 4.79 Å². The zero-order chi connectivity index (χ0) is 28.8. The van der Waals surface area contributed by atoms with Gasteiger partial charge < -0.3 is 19.9 Å². The van der Waals surface area contributed by atoms with E-state index in [1.54, 1.807) is 43.3 Å². The lowest BCUT2D eigenvalue weighted by atomic mass is 10.1. The molecule has 0 aromatic heterocycles. The maximum atomic E-state index is 13.4. The summed E-state index contributed by atoms with van der Waals surface area (Å²) in [5, 5.41) is 14.3. The highest BCUT2D eigenvalue weighted by molar-refractivity contribution is 9.10. The van der Waals surface area contributed by atoms with Crippen LogP contribution in [-0.4, -0.2) is 47.1 Å². The fourth-order valence-corrected chi connectivity index (χ4v) is 4.45. The summed E-state index contributed by atoms with van der Waals surface area (Å²) < 4.78 is 11.8. The summed E-state index contributed by atoms with van der Waals surface area (Å²) in [6.45, 7) is 1.77. The topological polar surface area (TPSA) is 134 Å². The molecule has 0 bridgehead atoms. The third kappa shape index (κ3) is 6.53. The number of amides is 3. The van der Waals surface area contributed by atoms with E-state index in [9.17, 15) is 24.3 Å². The predicted octanol–water partition coefficient (Wildman–Crippen LogP) is 4.39. The molecule has 3 aromatic carbocycles. The summed E-state index contributed by atoms with van der Waals surface area (Å²) in [6, 6.07) is 17.7. The molecule has 1 saturated heterocycles. The van der Waals surface area contributed by atoms with Crippen molar-refractivity contribution in [2.45, 2.75) is 6.92 Å². The number of para-hydroxylation sites is 1. The number of nitrogens with zero attached hydrogens (tertiary/aromatic N) is 1. The van der Waals surface area contributed by atoms with E-state index in [4.69, 9.17) is 21.7 Å². The smallest absolute Gasteiger partial charge is 0.335 e. The molecule has 4 rings (SSSR count). The molecule has 0 atom stereocenters. The van der Waals surface area contributed by atoms with Crippen LogP contribution >= 0.6 is 28.1 Å². The van der Waals surface area contributed by atoms with E-state index in [1.807, 2.05) is 6.07 Å². The van der Waals surface area contributed by atoms with Gasteiger partial charge in [0.15, 0.2) is 23.2 Å². The van der Waals surface area contributed by atoms with E-state index in [0.29, 0.717) is 15.7 Å². The monoisotopic (exact) mass is 623 g/mol. The SMILES string of the molecule is CCOc1cc(C=C2C(=O)NC(=S)N(c3cccc(C(=O)O)c3)C2=O)c(Br)cc1OCC(=O)Nc1ccccc1.